The van der Waals surface area contributed by atoms with E-state index in [2.05, 4.69) is 187 Å². The van der Waals surface area contributed by atoms with Crippen LogP contribution in [-0.2, 0) is 6.54 Å². The highest BCUT2D eigenvalue weighted by Gasteiger charge is 2.25. The van der Waals surface area contributed by atoms with Crippen molar-refractivity contribution in [2.45, 2.75) is 33.7 Å². The Morgan fingerprint density at radius 1 is 0.526 bits per heavy atom. The quantitative estimate of drug-likeness (QED) is 0.0754. The summed E-state index contributed by atoms with van der Waals surface area (Å²) in [5.41, 5.74) is 27.4. The van der Waals surface area contributed by atoms with Crippen LogP contribution in [-0.4, -0.2) is 21.5 Å². The Balaban J connectivity index is 1.26. The summed E-state index contributed by atoms with van der Waals surface area (Å²) in [6.45, 7) is 7.94. The standard InChI is InChI=1S/C49H48N8/c1-4-33-55-53-48-44(36-25-29-42(30-26-36)56(38-17-9-5-10-18-38)39-19-11-6-12-20-39)46(50)47(52-51-34-35(2)3)45(49(48)54-55)37-27-31-43(32-28-37)57(40-21-13-7-14-22-40)41-23-15-8-16-24-41/h5-32,35,51-52H,4,33-34,50H2,1-3H3. The van der Waals surface area contributed by atoms with Gasteiger partial charge in [-0.25, -0.2) is 5.43 Å². The van der Waals surface area contributed by atoms with Crippen LogP contribution < -0.4 is 26.4 Å². The zero-order valence-electron chi connectivity index (χ0n) is 32.7. The lowest BCUT2D eigenvalue weighted by Gasteiger charge is -2.26. The predicted octanol–water partition coefficient (Wildman–Crippen LogP) is 12.3. The minimum atomic E-state index is 0.418. The lowest BCUT2D eigenvalue weighted by atomic mass is 9.93. The Hall–Kier alpha value is -6.90. The second-order valence-corrected chi connectivity index (χ2v) is 14.5. The number of aromatic nitrogens is 3. The van der Waals surface area contributed by atoms with Crippen LogP contribution in [0.4, 0.5) is 45.5 Å². The van der Waals surface area contributed by atoms with Gasteiger partial charge in [0.1, 0.15) is 11.0 Å². The lowest BCUT2D eigenvalue weighted by molar-refractivity contribution is 0.535. The highest BCUT2D eigenvalue weighted by Crippen LogP contribution is 2.47. The van der Waals surface area contributed by atoms with E-state index in [9.17, 15) is 0 Å². The van der Waals surface area contributed by atoms with Crippen molar-refractivity contribution < 1.29 is 0 Å². The van der Waals surface area contributed by atoms with E-state index in [4.69, 9.17) is 15.9 Å². The number of aryl methyl sites for hydroxylation is 1. The third-order valence-corrected chi connectivity index (χ3v) is 9.95. The third-order valence-electron chi connectivity index (χ3n) is 9.95. The number of nitrogens with zero attached hydrogens (tertiary/aromatic N) is 5. The Kier molecular flexibility index (Phi) is 11.0. The number of hydrazine groups is 1. The summed E-state index contributed by atoms with van der Waals surface area (Å²) in [6, 6.07) is 59.0. The topological polar surface area (TPSA) is 87.3 Å². The van der Waals surface area contributed by atoms with E-state index in [1.807, 2.05) is 29.1 Å². The molecule has 1 heterocycles. The largest absolute Gasteiger partial charge is 0.396 e. The molecule has 8 nitrogen and oxygen atoms in total. The fourth-order valence-electron chi connectivity index (χ4n) is 7.29. The van der Waals surface area contributed by atoms with Crippen molar-refractivity contribution >= 4 is 56.5 Å². The monoisotopic (exact) mass is 748 g/mol. The fourth-order valence-corrected chi connectivity index (χ4v) is 7.29. The molecule has 0 unspecified atom stereocenters. The van der Waals surface area contributed by atoms with Gasteiger partial charge in [-0.05, 0) is 96.3 Å². The van der Waals surface area contributed by atoms with Gasteiger partial charge < -0.3 is 21.0 Å². The summed E-state index contributed by atoms with van der Waals surface area (Å²) in [4.78, 5) is 6.33. The highest BCUT2D eigenvalue weighted by molar-refractivity contribution is 6.13. The second-order valence-electron chi connectivity index (χ2n) is 14.5. The van der Waals surface area contributed by atoms with Gasteiger partial charge in [0.15, 0.2) is 0 Å². The van der Waals surface area contributed by atoms with Crippen molar-refractivity contribution in [1.82, 2.24) is 20.4 Å². The van der Waals surface area contributed by atoms with E-state index in [1.165, 1.54) is 0 Å². The van der Waals surface area contributed by atoms with Crippen LogP contribution in [0.5, 0.6) is 0 Å². The van der Waals surface area contributed by atoms with Crippen molar-refractivity contribution in [3.05, 3.63) is 170 Å². The van der Waals surface area contributed by atoms with Crippen LogP contribution in [0, 0.1) is 5.92 Å². The zero-order chi connectivity index (χ0) is 39.1. The molecule has 0 fully saturated rings. The minimum absolute atomic E-state index is 0.418. The molecule has 0 spiro atoms. The molecule has 284 valence electrons. The number of hydrogen-bond acceptors (Lipinski definition) is 7. The number of hydrogen-bond donors (Lipinski definition) is 3. The normalized spacial score (nSPS) is 11.2. The number of anilines is 8. The van der Waals surface area contributed by atoms with Gasteiger partial charge in [-0.1, -0.05) is 118 Å². The average molecular weight is 749 g/mol. The molecule has 0 aliphatic heterocycles. The zero-order valence-corrected chi connectivity index (χ0v) is 32.7. The van der Waals surface area contributed by atoms with E-state index in [0.29, 0.717) is 18.2 Å². The van der Waals surface area contributed by atoms with Crippen LogP contribution in [0.3, 0.4) is 0 Å². The average Bonchev–Trinajstić information content (AvgIpc) is 3.66. The fraction of sp³-hybridized carbons (Fsp3) is 0.143. The number of fused-ring (bicyclic) bond motifs is 1. The minimum Gasteiger partial charge on any atom is -0.396 e. The molecule has 8 rings (SSSR count). The first-order chi connectivity index (χ1) is 28.0. The third kappa shape index (κ3) is 7.81. The molecule has 0 saturated carbocycles. The van der Waals surface area contributed by atoms with Crippen molar-refractivity contribution in [2.24, 2.45) is 5.92 Å². The van der Waals surface area contributed by atoms with Gasteiger partial charge in [0.2, 0.25) is 0 Å². The first kappa shape index (κ1) is 37.0. The van der Waals surface area contributed by atoms with Crippen molar-refractivity contribution in [3.8, 4) is 22.3 Å². The summed E-state index contributed by atoms with van der Waals surface area (Å²) >= 11 is 0. The number of benzene rings is 7. The molecule has 0 bridgehead atoms. The molecule has 0 aliphatic carbocycles. The molecule has 8 aromatic rings. The lowest BCUT2D eigenvalue weighted by Crippen LogP contribution is -2.27. The molecule has 0 radical (unpaired) electrons. The summed E-state index contributed by atoms with van der Waals surface area (Å²) in [5.74, 6) is 0.418. The van der Waals surface area contributed by atoms with E-state index >= 15 is 0 Å². The van der Waals surface area contributed by atoms with Gasteiger partial charge in [0, 0.05) is 51.8 Å². The van der Waals surface area contributed by atoms with Crippen LogP contribution in [0.1, 0.15) is 27.2 Å². The molecule has 0 amide bonds. The summed E-state index contributed by atoms with van der Waals surface area (Å²) in [6.07, 6.45) is 0.898. The molecular weight excluding hydrogens is 701 g/mol. The van der Waals surface area contributed by atoms with Gasteiger partial charge >= 0.3 is 0 Å². The van der Waals surface area contributed by atoms with Crippen LogP contribution in [0.2, 0.25) is 0 Å². The Morgan fingerprint density at radius 3 is 1.28 bits per heavy atom. The maximum absolute atomic E-state index is 7.33. The molecular formula is C49H48N8. The number of para-hydroxylation sites is 4. The summed E-state index contributed by atoms with van der Waals surface area (Å²) in [5, 5.41) is 10.3. The Bertz CT molecular complexity index is 2440. The Morgan fingerprint density at radius 2 is 0.895 bits per heavy atom. The van der Waals surface area contributed by atoms with Crippen LogP contribution >= 0.6 is 0 Å². The van der Waals surface area contributed by atoms with Gasteiger partial charge in [0.05, 0.1) is 17.9 Å². The maximum Gasteiger partial charge on any atom is 0.123 e. The van der Waals surface area contributed by atoms with Gasteiger partial charge in [-0.15, -0.1) is 0 Å². The van der Waals surface area contributed by atoms with Crippen LogP contribution in [0.15, 0.2) is 170 Å². The van der Waals surface area contributed by atoms with E-state index in [-0.39, 0.29) is 0 Å². The number of nitrogens with one attached hydrogen (secondary N) is 2. The highest BCUT2D eigenvalue weighted by atomic mass is 15.5. The molecule has 8 heteroatoms. The number of nitrogen functional groups attached to an aromatic ring is 1. The first-order valence-corrected chi connectivity index (χ1v) is 19.7. The Labute approximate surface area is 335 Å². The van der Waals surface area contributed by atoms with Gasteiger partial charge in [-0.3, -0.25) is 0 Å². The van der Waals surface area contributed by atoms with Gasteiger partial charge in [0.25, 0.3) is 0 Å². The number of nitrogens with two attached hydrogens (primary N) is 1. The predicted molar refractivity (Wildman–Crippen MR) is 239 cm³/mol. The van der Waals surface area contributed by atoms with E-state index in [1.54, 1.807) is 0 Å². The summed E-state index contributed by atoms with van der Waals surface area (Å²) < 4.78 is 0. The number of rotatable bonds is 14. The SMILES string of the molecule is CCCn1nc2c(-c3ccc(N(c4ccccc4)c4ccccc4)cc3)c(N)c(NNCC(C)C)c(-c3ccc(N(c4ccccc4)c4ccccc4)cc3)c2n1. The van der Waals surface area contributed by atoms with Crippen molar-refractivity contribution in [1.29, 1.82) is 0 Å². The van der Waals surface area contributed by atoms with Crippen molar-refractivity contribution in [3.63, 3.8) is 0 Å². The second kappa shape index (κ2) is 16.9. The summed E-state index contributed by atoms with van der Waals surface area (Å²) in [7, 11) is 0. The van der Waals surface area contributed by atoms with E-state index in [0.717, 1.165) is 86.1 Å². The van der Waals surface area contributed by atoms with E-state index < -0.39 is 0 Å². The molecule has 1 aromatic heterocycles. The molecule has 0 saturated heterocycles. The van der Waals surface area contributed by atoms with Gasteiger partial charge in [-0.2, -0.15) is 15.0 Å². The molecule has 4 N–H and O–H groups in total. The van der Waals surface area contributed by atoms with Crippen LogP contribution in [0.25, 0.3) is 33.3 Å². The molecule has 0 aliphatic rings. The molecule has 57 heavy (non-hydrogen) atoms. The smallest absolute Gasteiger partial charge is 0.123 e. The molecule has 0 atom stereocenters. The first-order valence-electron chi connectivity index (χ1n) is 19.7. The molecule has 7 aromatic carbocycles. The maximum atomic E-state index is 7.33. The van der Waals surface area contributed by atoms with Crippen molar-refractivity contribution in [2.75, 3.05) is 27.5 Å².